The van der Waals surface area contributed by atoms with E-state index in [0.29, 0.717) is 33.0 Å². The highest BCUT2D eigenvalue weighted by Gasteiger charge is 2.35. The summed E-state index contributed by atoms with van der Waals surface area (Å²) in [5, 5.41) is 0. The Morgan fingerprint density at radius 1 is 0.927 bits per heavy atom. The van der Waals surface area contributed by atoms with E-state index < -0.39 is 29.3 Å². The van der Waals surface area contributed by atoms with Gasteiger partial charge in [-0.3, -0.25) is 4.21 Å². The van der Waals surface area contributed by atoms with Crippen molar-refractivity contribution in [1.29, 1.82) is 0 Å². The van der Waals surface area contributed by atoms with Crippen LogP contribution >= 0.6 is 0 Å². The topological polar surface area (TPSA) is 70.2 Å². The van der Waals surface area contributed by atoms with E-state index in [2.05, 4.69) is 14.7 Å². The van der Waals surface area contributed by atoms with Crippen LogP contribution in [-0.4, -0.2) is 31.6 Å². The SMILES string of the molecule is Cc1nc(-c2cc(-c3cccc(S(C)=O)c3)ccc2-n2cc(C(F)(F)F)nc2C)c(-c2ccc(OC(F)F)cc2)o1. The van der Waals surface area contributed by atoms with Gasteiger partial charge in [0.25, 0.3) is 0 Å². The van der Waals surface area contributed by atoms with E-state index >= 15 is 0 Å². The molecule has 1 unspecified atom stereocenters. The maximum Gasteiger partial charge on any atom is 0.434 e. The first-order chi connectivity index (χ1) is 19.4. The average Bonchev–Trinajstić information content (AvgIpc) is 3.51. The highest BCUT2D eigenvalue weighted by atomic mass is 32.2. The zero-order valence-corrected chi connectivity index (χ0v) is 22.7. The molecule has 12 heteroatoms. The van der Waals surface area contributed by atoms with Crippen LogP contribution in [0.5, 0.6) is 5.75 Å². The van der Waals surface area contributed by atoms with Crippen molar-refractivity contribution in [1.82, 2.24) is 14.5 Å². The number of benzene rings is 3. The molecule has 0 spiro atoms. The first-order valence-electron chi connectivity index (χ1n) is 12.1. The van der Waals surface area contributed by atoms with E-state index in [0.717, 1.165) is 11.8 Å². The number of oxazole rings is 1. The van der Waals surface area contributed by atoms with Crippen LogP contribution in [0.3, 0.4) is 0 Å². The van der Waals surface area contributed by atoms with Gasteiger partial charge in [0.15, 0.2) is 17.3 Å². The zero-order valence-electron chi connectivity index (χ0n) is 21.9. The summed E-state index contributed by atoms with van der Waals surface area (Å²) in [4.78, 5) is 8.88. The summed E-state index contributed by atoms with van der Waals surface area (Å²) in [5.74, 6) is 0.610. The molecule has 6 nitrogen and oxygen atoms in total. The predicted octanol–water partition coefficient (Wildman–Crippen LogP) is 7.84. The van der Waals surface area contributed by atoms with Gasteiger partial charge in [0.1, 0.15) is 17.3 Å². The lowest BCUT2D eigenvalue weighted by Crippen LogP contribution is -2.05. The lowest BCUT2D eigenvalue weighted by atomic mass is 9.98. The normalized spacial score (nSPS) is 12.6. The van der Waals surface area contributed by atoms with E-state index in [-0.39, 0.29) is 23.2 Å². The van der Waals surface area contributed by atoms with Crippen LogP contribution in [0.2, 0.25) is 0 Å². The van der Waals surface area contributed by atoms with E-state index in [9.17, 15) is 26.2 Å². The van der Waals surface area contributed by atoms with Gasteiger partial charge in [0.05, 0.1) is 5.69 Å². The van der Waals surface area contributed by atoms with Gasteiger partial charge in [-0.05, 0) is 66.6 Å². The van der Waals surface area contributed by atoms with Crippen molar-refractivity contribution < 1.29 is 35.3 Å². The van der Waals surface area contributed by atoms with E-state index in [4.69, 9.17) is 4.42 Å². The Balaban J connectivity index is 1.72. The molecule has 41 heavy (non-hydrogen) atoms. The number of aryl methyl sites for hydroxylation is 2. The average molecular weight is 588 g/mol. The molecule has 0 amide bonds. The first-order valence-corrected chi connectivity index (χ1v) is 13.7. The molecule has 0 bridgehead atoms. The summed E-state index contributed by atoms with van der Waals surface area (Å²) in [7, 11) is -1.23. The third-order valence-electron chi connectivity index (χ3n) is 6.26. The standard InChI is InChI=1S/C29H22F5N3O3S/c1-16-35-25(29(32,33)34)15-37(16)24-12-9-20(19-5-4-6-22(13-19)41(3)38)14-23(24)26-27(39-17(2)36-26)18-7-10-21(11-8-18)40-28(30)31/h4-15,28H,1-3H3. The number of hydrogen-bond donors (Lipinski definition) is 0. The number of ether oxygens (including phenoxy) is 1. The van der Waals surface area contributed by atoms with Gasteiger partial charge in [0, 0.05) is 46.2 Å². The molecule has 5 rings (SSSR count). The van der Waals surface area contributed by atoms with Gasteiger partial charge < -0.3 is 13.7 Å². The Hall–Kier alpha value is -4.32. The van der Waals surface area contributed by atoms with Gasteiger partial charge in [-0.15, -0.1) is 0 Å². The molecule has 0 radical (unpaired) electrons. The number of nitrogens with zero attached hydrogens (tertiary/aromatic N) is 3. The lowest BCUT2D eigenvalue weighted by molar-refractivity contribution is -0.141. The first kappa shape index (κ1) is 28.2. The minimum atomic E-state index is -4.65. The van der Waals surface area contributed by atoms with Gasteiger partial charge in [-0.1, -0.05) is 18.2 Å². The number of imidazole rings is 1. The van der Waals surface area contributed by atoms with Crippen LogP contribution in [-0.2, 0) is 17.0 Å². The Bertz CT molecular complexity index is 1740. The smallest absolute Gasteiger partial charge is 0.434 e. The van der Waals surface area contributed by atoms with Gasteiger partial charge in [-0.2, -0.15) is 22.0 Å². The lowest BCUT2D eigenvalue weighted by Gasteiger charge is -2.14. The highest BCUT2D eigenvalue weighted by Crippen LogP contribution is 2.40. The maximum atomic E-state index is 13.5. The Morgan fingerprint density at radius 3 is 2.24 bits per heavy atom. The molecule has 0 N–H and O–H groups in total. The van der Waals surface area contributed by atoms with Crippen LogP contribution in [0.4, 0.5) is 22.0 Å². The van der Waals surface area contributed by atoms with Gasteiger partial charge in [-0.25, -0.2) is 9.97 Å². The summed E-state index contributed by atoms with van der Waals surface area (Å²) in [6.07, 6.45) is -2.17. The molecular formula is C29H22F5N3O3S. The van der Waals surface area contributed by atoms with Crippen LogP contribution < -0.4 is 4.74 Å². The predicted molar refractivity (Wildman–Crippen MR) is 143 cm³/mol. The van der Waals surface area contributed by atoms with Crippen LogP contribution in [0, 0.1) is 13.8 Å². The summed E-state index contributed by atoms with van der Waals surface area (Å²) in [5.41, 5.74) is 1.97. The van der Waals surface area contributed by atoms with Gasteiger partial charge >= 0.3 is 12.8 Å². The second kappa shape index (κ2) is 10.9. The van der Waals surface area contributed by atoms with Crippen LogP contribution in [0.25, 0.3) is 39.4 Å². The Kier molecular flexibility index (Phi) is 7.52. The number of aromatic nitrogens is 3. The van der Waals surface area contributed by atoms with Crippen molar-refractivity contribution in [2.75, 3.05) is 6.26 Å². The van der Waals surface area contributed by atoms with Crippen molar-refractivity contribution >= 4 is 10.8 Å². The summed E-state index contributed by atoms with van der Waals surface area (Å²) in [6, 6.07) is 18.0. The quantitative estimate of drug-likeness (QED) is 0.182. The monoisotopic (exact) mass is 587 g/mol. The van der Waals surface area contributed by atoms with E-state index in [1.54, 1.807) is 49.6 Å². The minimum absolute atomic E-state index is 0.0499. The fourth-order valence-corrected chi connectivity index (χ4v) is 4.98. The molecule has 0 aliphatic carbocycles. The van der Waals surface area contributed by atoms with Crippen LogP contribution in [0.15, 0.2) is 82.2 Å². The van der Waals surface area contributed by atoms with Crippen molar-refractivity contribution in [2.24, 2.45) is 0 Å². The Morgan fingerprint density at radius 2 is 1.61 bits per heavy atom. The molecule has 0 aliphatic rings. The molecule has 2 heterocycles. The largest absolute Gasteiger partial charge is 0.440 e. The summed E-state index contributed by atoms with van der Waals surface area (Å²) in [6.45, 7) is 0.0940. The minimum Gasteiger partial charge on any atom is -0.440 e. The van der Waals surface area contributed by atoms with Crippen molar-refractivity contribution in [3.05, 3.63) is 90.3 Å². The maximum absolute atomic E-state index is 13.5. The van der Waals surface area contributed by atoms with Crippen molar-refractivity contribution in [3.63, 3.8) is 0 Å². The molecule has 3 aromatic carbocycles. The van der Waals surface area contributed by atoms with Crippen molar-refractivity contribution in [2.45, 2.75) is 31.5 Å². The van der Waals surface area contributed by atoms with E-state index in [1.807, 2.05) is 6.07 Å². The number of halogens is 5. The fourth-order valence-electron chi connectivity index (χ4n) is 4.42. The summed E-state index contributed by atoms with van der Waals surface area (Å²) >= 11 is 0. The molecular weight excluding hydrogens is 565 g/mol. The number of hydrogen-bond acceptors (Lipinski definition) is 5. The Labute approximate surface area is 233 Å². The van der Waals surface area contributed by atoms with Crippen LogP contribution in [0.1, 0.15) is 17.4 Å². The van der Waals surface area contributed by atoms with Crippen molar-refractivity contribution in [3.8, 4) is 45.1 Å². The highest BCUT2D eigenvalue weighted by molar-refractivity contribution is 7.84. The summed E-state index contributed by atoms with van der Waals surface area (Å²) < 4.78 is 89.6. The van der Waals surface area contributed by atoms with Gasteiger partial charge in [0.2, 0.25) is 0 Å². The second-order valence-corrected chi connectivity index (χ2v) is 10.4. The third-order valence-corrected chi connectivity index (χ3v) is 7.18. The van der Waals surface area contributed by atoms with E-state index in [1.165, 1.54) is 35.8 Å². The molecule has 0 aliphatic heterocycles. The number of rotatable bonds is 7. The number of alkyl halides is 5. The molecule has 0 saturated carbocycles. The molecule has 0 saturated heterocycles. The second-order valence-electron chi connectivity index (χ2n) is 9.07. The zero-order chi connectivity index (χ0) is 29.5. The molecule has 5 aromatic rings. The molecule has 212 valence electrons. The fraction of sp³-hybridized carbons (Fsp3) is 0.172. The third kappa shape index (κ3) is 5.92. The molecule has 2 aromatic heterocycles. The molecule has 0 fully saturated rings. The molecule has 1 atom stereocenters.